The van der Waals surface area contributed by atoms with Crippen LogP contribution in [0.4, 0.5) is 4.39 Å². The van der Waals surface area contributed by atoms with Crippen LogP contribution in [0.2, 0.25) is 0 Å². The fourth-order valence-electron chi connectivity index (χ4n) is 3.88. The van der Waals surface area contributed by atoms with Crippen LogP contribution in [-0.2, 0) is 0 Å². The number of piperidine rings is 1. The lowest BCUT2D eigenvalue weighted by atomic mass is 10.00. The lowest BCUT2D eigenvalue weighted by molar-refractivity contribution is 0.0498. The molecule has 2 aliphatic rings. The van der Waals surface area contributed by atoms with E-state index < -0.39 is 0 Å². The van der Waals surface area contributed by atoms with E-state index in [0.717, 1.165) is 18.6 Å². The zero-order valence-electron chi connectivity index (χ0n) is 14.9. The van der Waals surface area contributed by atoms with Gasteiger partial charge in [-0.25, -0.2) is 4.39 Å². The van der Waals surface area contributed by atoms with Gasteiger partial charge in [-0.3, -0.25) is 9.59 Å². The maximum absolute atomic E-state index is 13.2. The van der Waals surface area contributed by atoms with Gasteiger partial charge < -0.3 is 9.80 Å². The van der Waals surface area contributed by atoms with Crippen molar-refractivity contribution >= 4 is 23.6 Å². The average molecular weight is 384 g/mol. The second-order valence-electron chi connectivity index (χ2n) is 6.92. The number of halogens is 1. The van der Waals surface area contributed by atoms with Crippen LogP contribution in [0.1, 0.15) is 33.6 Å². The van der Waals surface area contributed by atoms with Crippen LogP contribution in [-0.4, -0.2) is 51.9 Å². The highest BCUT2D eigenvalue weighted by Gasteiger charge is 2.47. The number of hydrogen-bond donors (Lipinski definition) is 0. The molecule has 2 aliphatic heterocycles. The highest BCUT2D eigenvalue weighted by atomic mass is 32.2. The van der Waals surface area contributed by atoms with Gasteiger partial charge in [0.15, 0.2) is 0 Å². The second kappa shape index (κ2) is 7.35. The smallest absolute Gasteiger partial charge is 0.254 e. The first-order valence-electron chi connectivity index (χ1n) is 9.15. The highest BCUT2D eigenvalue weighted by molar-refractivity contribution is 8.00. The Labute approximate surface area is 162 Å². The Kier molecular flexibility index (Phi) is 4.91. The number of thioether (sulfide) groups is 1. The van der Waals surface area contributed by atoms with E-state index in [1.165, 1.54) is 12.1 Å². The zero-order chi connectivity index (χ0) is 18.9. The summed E-state index contributed by atoms with van der Waals surface area (Å²) in [5, 5.41) is 0. The quantitative estimate of drug-likeness (QED) is 0.794. The van der Waals surface area contributed by atoms with Crippen molar-refractivity contribution in [1.82, 2.24) is 9.80 Å². The molecule has 2 fully saturated rings. The van der Waals surface area contributed by atoms with Crippen LogP contribution in [0.15, 0.2) is 54.6 Å². The summed E-state index contributed by atoms with van der Waals surface area (Å²) in [5.74, 6) is 0.539. The maximum atomic E-state index is 13.2. The highest BCUT2D eigenvalue weighted by Crippen LogP contribution is 2.44. The molecule has 0 atom stereocenters. The molecule has 0 saturated carbocycles. The number of hydrogen-bond acceptors (Lipinski definition) is 3. The van der Waals surface area contributed by atoms with Gasteiger partial charge in [0.05, 0.1) is 4.87 Å². The Morgan fingerprint density at radius 1 is 0.852 bits per heavy atom. The molecule has 0 radical (unpaired) electrons. The van der Waals surface area contributed by atoms with Crippen LogP contribution < -0.4 is 0 Å². The summed E-state index contributed by atoms with van der Waals surface area (Å²) in [6.07, 6.45) is 1.51. The van der Waals surface area contributed by atoms with Gasteiger partial charge >= 0.3 is 0 Å². The van der Waals surface area contributed by atoms with Crippen molar-refractivity contribution in [2.24, 2.45) is 0 Å². The van der Waals surface area contributed by atoms with Crippen molar-refractivity contribution in [1.29, 1.82) is 0 Å². The van der Waals surface area contributed by atoms with Crippen LogP contribution in [0.5, 0.6) is 0 Å². The summed E-state index contributed by atoms with van der Waals surface area (Å²) in [6, 6.07) is 15.0. The van der Waals surface area contributed by atoms with Gasteiger partial charge in [0, 0.05) is 36.5 Å². The summed E-state index contributed by atoms with van der Waals surface area (Å²) in [4.78, 5) is 29.2. The number of carbonyl (C=O) groups excluding carboxylic acids is 2. The summed E-state index contributed by atoms with van der Waals surface area (Å²) >= 11 is 1.80. The Morgan fingerprint density at radius 3 is 2.15 bits per heavy atom. The third-order valence-corrected chi connectivity index (χ3v) is 6.92. The van der Waals surface area contributed by atoms with Crippen molar-refractivity contribution in [2.45, 2.75) is 17.7 Å². The minimum atomic E-state index is -0.343. The van der Waals surface area contributed by atoms with Crippen molar-refractivity contribution < 1.29 is 14.0 Å². The normalized spacial score (nSPS) is 18.7. The molecule has 4 rings (SSSR count). The number of rotatable bonds is 2. The first kappa shape index (κ1) is 18.0. The molecule has 0 aromatic heterocycles. The van der Waals surface area contributed by atoms with Crippen molar-refractivity contribution in [2.75, 3.05) is 25.4 Å². The third-order valence-electron chi connectivity index (χ3n) is 5.37. The molecule has 0 N–H and O–H groups in total. The van der Waals surface area contributed by atoms with Crippen LogP contribution >= 0.6 is 11.8 Å². The SMILES string of the molecule is O=C(c1ccccc1)N1CCC2(CC1)SCCN2C(=O)c1ccc(F)cc1. The fourth-order valence-corrected chi connectivity index (χ4v) is 5.34. The molecule has 0 aliphatic carbocycles. The Hall–Kier alpha value is -2.34. The lowest BCUT2D eigenvalue weighted by Crippen LogP contribution is -2.53. The molecule has 140 valence electrons. The van der Waals surface area contributed by atoms with E-state index in [-0.39, 0.29) is 22.5 Å². The Bertz CT molecular complexity index is 833. The van der Waals surface area contributed by atoms with Gasteiger partial charge in [-0.15, -0.1) is 11.8 Å². The summed E-state index contributed by atoms with van der Waals surface area (Å²) in [7, 11) is 0. The fraction of sp³-hybridized carbons (Fsp3) is 0.333. The molecular weight excluding hydrogens is 363 g/mol. The predicted molar refractivity (Wildman–Crippen MR) is 104 cm³/mol. The molecule has 0 unspecified atom stereocenters. The number of carbonyl (C=O) groups is 2. The van der Waals surface area contributed by atoms with E-state index in [4.69, 9.17) is 0 Å². The Morgan fingerprint density at radius 2 is 1.48 bits per heavy atom. The van der Waals surface area contributed by atoms with E-state index in [2.05, 4.69) is 0 Å². The minimum absolute atomic E-state index is 0.0462. The van der Waals surface area contributed by atoms with Gasteiger partial charge in [-0.1, -0.05) is 18.2 Å². The number of amides is 2. The molecule has 2 aromatic rings. The third kappa shape index (κ3) is 3.46. The van der Waals surface area contributed by atoms with E-state index >= 15 is 0 Å². The first-order valence-corrected chi connectivity index (χ1v) is 10.1. The number of nitrogens with zero attached hydrogens (tertiary/aromatic N) is 2. The molecule has 2 amide bonds. The molecule has 2 saturated heterocycles. The van der Waals surface area contributed by atoms with E-state index in [0.29, 0.717) is 30.8 Å². The molecule has 0 bridgehead atoms. The van der Waals surface area contributed by atoms with Crippen molar-refractivity contribution in [3.8, 4) is 0 Å². The van der Waals surface area contributed by atoms with E-state index in [1.54, 1.807) is 23.9 Å². The van der Waals surface area contributed by atoms with Gasteiger partial charge in [-0.05, 0) is 49.2 Å². The molecule has 27 heavy (non-hydrogen) atoms. The number of benzene rings is 2. The molecule has 2 aromatic carbocycles. The topological polar surface area (TPSA) is 40.6 Å². The van der Waals surface area contributed by atoms with Gasteiger partial charge in [0.1, 0.15) is 5.82 Å². The van der Waals surface area contributed by atoms with Crippen molar-refractivity contribution in [3.63, 3.8) is 0 Å². The molecule has 2 heterocycles. The largest absolute Gasteiger partial charge is 0.338 e. The van der Waals surface area contributed by atoms with Gasteiger partial charge in [0.25, 0.3) is 11.8 Å². The molecule has 1 spiro atoms. The monoisotopic (exact) mass is 384 g/mol. The van der Waals surface area contributed by atoms with E-state index in [9.17, 15) is 14.0 Å². The zero-order valence-corrected chi connectivity index (χ0v) is 15.8. The minimum Gasteiger partial charge on any atom is -0.338 e. The van der Waals surface area contributed by atoms with Crippen LogP contribution in [0.3, 0.4) is 0 Å². The molecular formula is C21H21FN2O2S. The first-order chi connectivity index (χ1) is 13.1. The van der Waals surface area contributed by atoms with Crippen LogP contribution in [0, 0.1) is 5.82 Å². The van der Waals surface area contributed by atoms with Gasteiger partial charge in [-0.2, -0.15) is 0 Å². The Balaban J connectivity index is 1.47. The average Bonchev–Trinajstić information content (AvgIpc) is 3.11. The standard InChI is InChI=1S/C21H21FN2O2S/c22-18-8-6-17(7-9-18)20(26)24-14-15-27-21(24)10-12-23(13-11-21)19(25)16-4-2-1-3-5-16/h1-9H,10-15H2. The summed E-state index contributed by atoms with van der Waals surface area (Å²) in [6.45, 7) is 1.95. The summed E-state index contributed by atoms with van der Waals surface area (Å²) in [5.41, 5.74) is 1.22. The number of likely N-dealkylation sites (tertiary alicyclic amines) is 1. The van der Waals surface area contributed by atoms with Crippen molar-refractivity contribution in [3.05, 3.63) is 71.5 Å². The summed E-state index contributed by atoms with van der Waals surface area (Å²) < 4.78 is 13.2. The predicted octanol–water partition coefficient (Wildman–Crippen LogP) is 3.65. The second-order valence-corrected chi connectivity index (χ2v) is 8.37. The van der Waals surface area contributed by atoms with Crippen LogP contribution in [0.25, 0.3) is 0 Å². The van der Waals surface area contributed by atoms with Gasteiger partial charge in [0.2, 0.25) is 0 Å². The molecule has 6 heteroatoms. The lowest BCUT2D eigenvalue weighted by Gasteiger charge is -2.44. The van der Waals surface area contributed by atoms with E-state index in [1.807, 2.05) is 40.1 Å². The molecule has 4 nitrogen and oxygen atoms in total. The maximum Gasteiger partial charge on any atom is 0.254 e.